The molecule has 0 aliphatic heterocycles. The third kappa shape index (κ3) is 4.15. The van der Waals surface area contributed by atoms with E-state index in [9.17, 15) is 23.2 Å². The molecule has 11 heteroatoms. The first-order chi connectivity index (χ1) is 17.0. The second-order valence-corrected chi connectivity index (χ2v) is 11.0. The lowest BCUT2D eigenvalue weighted by atomic mass is 9.72. The second kappa shape index (κ2) is 8.48. The van der Waals surface area contributed by atoms with Gasteiger partial charge < -0.3 is 9.73 Å². The fourth-order valence-electron chi connectivity index (χ4n) is 4.58. The van der Waals surface area contributed by atoms with Crippen LogP contribution in [0.4, 0.5) is 18.2 Å². The summed E-state index contributed by atoms with van der Waals surface area (Å²) in [5, 5.41) is 16.7. The van der Waals surface area contributed by atoms with Gasteiger partial charge in [0.25, 0.3) is 5.91 Å². The van der Waals surface area contributed by atoms with Gasteiger partial charge in [-0.2, -0.15) is 23.5 Å². The first-order valence-corrected chi connectivity index (χ1v) is 12.1. The number of furan rings is 1. The van der Waals surface area contributed by atoms with Crippen molar-refractivity contribution < 1.29 is 22.4 Å². The third-order valence-electron chi connectivity index (χ3n) is 6.61. The van der Waals surface area contributed by atoms with Crippen LogP contribution >= 0.6 is 11.3 Å². The lowest BCUT2D eigenvalue weighted by Gasteiger charge is -2.33. The number of alkyl halides is 3. The van der Waals surface area contributed by atoms with Crippen LogP contribution in [0.2, 0.25) is 0 Å². The molecule has 1 amide bonds. The molecule has 0 radical (unpaired) electrons. The maximum absolute atomic E-state index is 13.8. The van der Waals surface area contributed by atoms with Gasteiger partial charge in [0.05, 0.1) is 18.0 Å². The first-order valence-electron chi connectivity index (χ1n) is 11.3. The Balaban J connectivity index is 1.53. The number of carbonyl (C=O) groups excluding carboxylic acids is 1. The third-order valence-corrected chi connectivity index (χ3v) is 7.78. The molecule has 0 saturated heterocycles. The number of amides is 1. The van der Waals surface area contributed by atoms with Gasteiger partial charge in [-0.3, -0.25) is 4.79 Å². The largest absolute Gasteiger partial charge is 0.463 e. The molecule has 0 bridgehead atoms. The molecule has 186 valence electrons. The number of hydrogen-bond donors (Lipinski definition) is 1. The number of rotatable bonds is 3. The molecule has 4 heterocycles. The van der Waals surface area contributed by atoms with Crippen molar-refractivity contribution in [1.82, 2.24) is 14.6 Å². The molecular weight excluding hydrogens is 491 g/mol. The number of nitriles is 1. The van der Waals surface area contributed by atoms with Crippen molar-refractivity contribution in [2.45, 2.75) is 46.2 Å². The minimum atomic E-state index is -4.74. The number of aromatic nitrogens is 3. The second-order valence-electron chi connectivity index (χ2n) is 9.87. The predicted octanol–water partition coefficient (Wildman–Crippen LogP) is 6.34. The van der Waals surface area contributed by atoms with Crippen LogP contribution in [0.15, 0.2) is 35.1 Å². The molecular formula is C25H22F3N5O2S. The van der Waals surface area contributed by atoms with E-state index < -0.39 is 17.8 Å². The van der Waals surface area contributed by atoms with Crippen LogP contribution in [0.1, 0.15) is 59.2 Å². The van der Waals surface area contributed by atoms with E-state index in [4.69, 9.17) is 4.42 Å². The Bertz CT molecular complexity index is 1500. The molecule has 0 saturated carbocycles. The normalized spacial score (nSPS) is 16.1. The molecule has 1 aliphatic carbocycles. The van der Waals surface area contributed by atoms with Crippen molar-refractivity contribution in [2.24, 2.45) is 11.3 Å². The van der Waals surface area contributed by atoms with E-state index in [0.29, 0.717) is 21.0 Å². The van der Waals surface area contributed by atoms with Crippen molar-refractivity contribution >= 4 is 27.9 Å². The van der Waals surface area contributed by atoms with Crippen LogP contribution in [0.25, 0.3) is 17.1 Å². The van der Waals surface area contributed by atoms with E-state index in [1.807, 2.05) is 0 Å². The van der Waals surface area contributed by atoms with E-state index in [1.54, 1.807) is 0 Å². The zero-order valence-corrected chi connectivity index (χ0v) is 20.5. The summed E-state index contributed by atoms with van der Waals surface area (Å²) in [7, 11) is 0. The Morgan fingerprint density at radius 1 is 1.33 bits per heavy atom. The Hall–Kier alpha value is -3.65. The van der Waals surface area contributed by atoms with Crippen LogP contribution < -0.4 is 5.32 Å². The number of halogens is 3. The molecule has 7 nitrogen and oxygen atoms in total. The van der Waals surface area contributed by atoms with Crippen molar-refractivity contribution in [3.63, 3.8) is 0 Å². The molecule has 0 aromatic carbocycles. The molecule has 36 heavy (non-hydrogen) atoms. The maximum atomic E-state index is 13.8. The van der Waals surface area contributed by atoms with E-state index in [0.717, 1.165) is 42.0 Å². The summed E-state index contributed by atoms with van der Waals surface area (Å²) in [5.41, 5.74) is -0.105. The zero-order valence-electron chi connectivity index (χ0n) is 19.7. The van der Waals surface area contributed by atoms with E-state index in [1.165, 1.54) is 29.7 Å². The van der Waals surface area contributed by atoms with Crippen molar-refractivity contribution in [3.05, 3.63) is 57.9 Å². The van der Waals surface area contributed by atoms with Crippen LogP contribution in [-0.2, 0) is 19.0 Å². The molecule has 1 N–H and O–H groups in total. The quantitative estimate of drug-likeness (QED) is 0.345. The summed E-state index contributed by atoms with van der Waals surface area (Å²) in [6.07, 6.45) is 0.133. The lowest BCUT2D eigenvalue weighted by Crippen LogP contribution is -2.26. The van der Waals surface area contributed by atoms with Crippen molar-refractivity contribution in [1.29, 1.82) is 5.26 Å². The fraction of sp³-hybridized carbons (Fsp3) is 0.360. The summed E-state index contributed by atoms with van der Waals surface area (Å²) in [4.78, 5) is 18.5. The first kappa shape index (κ1) is 24.1. The zero-order chi connectivity index (χ0) is 25.8. The summed E-state index contributed by atoms with van der Waals surface area (Å²) in [5.74, 6) is -0.116. The van der Waals surface area contributed by atoms with Gasteiger partial charge >= 0.3 is 6.18 Å². The highest BCUT2D eigenvalue weighted by Crippen LogP contribution is 2.44. The molecule has 0 unspecified atom stereocenters. The molecule has 4 aromatic rings. The van der Waals surface area contributed by atoms with Crippen molar-refractivity contribution in [2.75, 3.05) is 5.32 Å². The van der Waals surface area contributed by atoms with Gasteiger partial charge in [0.1, 0.15) is 22.3 Å². The number of thiophene rings is 1. The number of nitrogens with one attached hydrogen (secondary N) is 1. The highest BCUT2D eigenvalue weighted by molar-refractivity contribution is 7.16. The standard InChI is InChI=1S/C25H22F3N5O2S/c1-24(2,3)13-6-7-14-15(11-29)23(36-19(14)9-13)32-22(34)16-12-30-33-20(25(26,27)28)10-17(31-21(16)33)18-5-4-8-35-18/h4-5,8,10,12-13H,6-7,9H2,1-3H3,(H,32,34)/t13-/m0/s1. The topological polar surface area (TPSA) is 96.2 Å². The van der Waals surface area contributed by atoms with Gasteiger partial charge in [-0.25, -0.2) is 9.50 Å². The van der Waals surface area contributed by atoms with Gasteiger partial charge in [0.15, 0.2) is 17.1 Å². The highest BCUT2D eigenvalue weighted by atomic mass is 32.1. The predicted molar refractivity (Wildman–Crippen MR) is 128 cm³/mol. The van der Waals surface area contributed by atoms with Gasteiger partial charge in [0, 0.05) is 4.88 Å². The summed E-state index contributed by atoms with van der Waals surface area (Å²) in [6, 6.07) is 6.04. The maximum Gasteiger partial charge on any atom is 0.433 e. The smallest absolute Gasteiger partial charge is 0.433 e. The summed E-state index contributed by atoms with van der Waals surface area (Å²) < 4.78 is 47.2. The van der Waals surface area contributed by atoms with Gasteiger partial charge in [-0.15, -0.1) is 11.3 Å². The van der Waals surface area contributed by atoms with Crippen molar-refractivity contribution in [3.8, 4) is 17.5 Å². The van der Waals surface area contributed by atoms with Gasteiger partial charge in [-0.05, 0) is 54.4 Å². The van der Waals surface area contributed by atoms with Crippen LogP contribution in [0, 0.1) is 22.7 Å². The number of hydrogen-bond acceptors (Lipinski definition) is 6. The van der Waals surface area contributed by atoms with Gasteiger partial charge in [0.2, 0.25) is 0 Å². The summed E-state index contributed by atoms with van der Waals surface area (Å²) in [6.45, 7) is 6.57. The van der Waals surface area contributed by atoms with Crippen LogP contribution in [0.5, 0.6) is 0 Å². The highest BCUT2D eigenvalue weighted by Gasteiger charge is 2.37. The summed E-state index contributed by atoms with van der Waals surface area (Å²) >= 11 is 1.35. The molecule has 1 aliphatic rings. The minimum Gasteiger partial charge on any atom is -0.463 e. The van der Waals surface area contributed by atoms with Gasteiger partial charge in [-0.1, -0.05) is 20.8 Å². The SMILES string of the molecule is CC(C)(C)[C@H]1CCc2c(sc(NC(=O)c3cnn4c(C(F)(F)F)cc(-c5ccco5)nc34)c2C#N)C1. The van der Waals surface area contributed by atoms with Crippen LogP contribution in [0.3, 0.4) is 0 Å². The molecule has 1 atom stereocenters. The Labute approximate surface area is 208 Å². The average Bonchev–Trinajstić information content (AvgIpc) is 3.54. The Morgan fingerprint density at radius 3 is 2.75 bits per heavy atom. The van der Waals surface area contributed by atoms with E-state index in [-0.39, 0.29) is 28.1 Å². The lowest BCUT2D eigenvalue weighted by molar-refractivity contribution is -0.142. The molecule has 0 fully saturated rings. The molecule has 5 rings (SSSR count). The number of anilines is 1. The fourth-order valence-corrected chi connectivity index (χ4v) is 5.85. The van der Waals surface area contributed by atoms with Crippen LogP contribution in [-0.4, -0.2) is 20.5 Å². The van der Waals surface area contributed by atoms with E-state index in [2.05, 4.69) is 42.2 Å². The molecule has 0 spiro atoms. The van der Waals surface area contributed by atoms with E-state index >= 15 is 0 Å². The number of fused-ring (bicyclic) bond motifs is 2. The average molecular weight is 514 g/mol. The number of nitrogens with zero attached hydrogens (tertiary/aromatic N) is 4. The minimum absolute atomic E-state index is 0.0769. The Morgan fingerprint density at radius 2 is 2.11 bits per heavy atom. The molecule has 4 aromatic heterocycles. The monoisotopic (exact) mass is 513 g/mol. The Kier molecular flexibility index (Phi) is 5.67. The number of carbonyl (C=O) groups is 1.